The number of imidazole rings is 1. The Labute approximate surface area is 119 Å². The van der Waals surface area contributed by atoms with Crippen molar-refractivity contribution in [3.8, 4) is 5.75 Å². The van der Waals surface area contributed by atoms with Crippen LogP contribution in [0.1, 0.15) is 19.7 Å². The second-order valence-electron chi connectivity index (χ2n) is 5.05. The highest BCUT2D eigenvalue weighted by atomic mass is 16.5. The molecule has 0 saturated heterocycles. The van der Waals surface area contributed by atoms with E-state index in [1.54, 1.807) is 0 Å². The molecule has 0 saturated carbocycles. The van der Waals surface area contributed by atoms with Gasteiger partial charge in [0.05, 0.1) is 11.8 Å². The van der Waals surface area contributed by atoms with E-state index in [0.717, 1.165) is 30.2 Å². The van der Waals surface area contributed by atoms with Crippen LogP contribution in [0.5, 0.6) is 5.75 Å². The number of nitrogens with two attached hydrogens (primary N) is 1. The lowest BCUT2D eigenvalue weighted by atomic mass is 10.2. The van der Waals surface area contributed by atoms with Gasteiger partial charge in [0.2, 0.25) is 0 Å². The van der Waals surface area contributed by atoms with Crippen LogP contribution in [0.25, 0.3) is 0 Å². The fraction of sp³-hybridized carbons (Fsp3) is 0.400. The number of aromatic nitrogens is 2. The zero-order chi connectivity index (χ0) is 14.5. The summed E-state index contributed by atoms with van der Waals surface area (Å²) >= 11 is 0. The average Bonchev–Trinajstić information content (AvgIpc) is 2.79. The van der Waals surface area contributed by atoms with Crippen LogP contribution in [0, 0.1) is 0 Å². The number of hydrogen-bond acceptors (Lipinski definition) is 4. The van der Waals surface area contributed by atoms with Gasteiger partial charge in [0, 0.05) is 44.2 Å². The number of hydrogen-bond donors (Lipinski definition) is 2. The van der Waals surface area contributed by atoms with Gasteiger partial charge < -0.3 is 20.4 Å². The third-order valence-corrected chi connectivity index (χ3v) is 2.97. The van der Waals surface area contributed by atoms with Gasteiger partial charge in [0.25, 0.3) is 0 Å². The van der Waals surface area contributed by atoms with Crippen LogP contribution in [0.4, 0.5) is 11.4 Å². The number of anilines is 2. The van der Waals surface area contributed by atoms with E-state index < -0.39 is 0 Å². The normalized spacial score (nSPS) is 10.8. The second-order valence-corrected chi connectivity index (χ2v) is 5.05. The number of ether oxygens (including phenoxy) is 1. The van der Waals surface area contributed by atoms with Gasteiger partial charge in [-0.15, -0.1) is 0 Å². The molecule has 0 atom stereocenters. The lowest BCUT2D eigenvalue weighted by Crippen LogP contribution is -2.10. The van der Waals surface area contributed by atoms with Crippen LogP contribution in [0.15, 0.2) is 30.6 Å². The van der Waals surface area contributed by atoms with Crippen molar-refractivity contribution in [3.05, 3.63) is 36.4 Å². The van der Waals surface area contributed by atoms with Crippen molar-refractivity contribution < 1.29 is 4.74 Å². The fourth-order valence-electron chi connectivity index (χ4n) is 1.96. The summed E-state index contributed by atoms with van der Waals surface area (Å²) in [6, 6.07) is 5.76. The Kier molecular flexibility index (Phi) is 4.50. The van der Waals surface area contributed by atoms with Gasteiger partial charge in [0.1, 0.15) is 11.6 Å². The van der Waals surface area contributed by atoms with Gasteiger partial charge in [-0.2, -0.15) is 0 Å². The molecule has 5 heteroatoms. The molecule has 5 nitrogen and oxygen atoms in total. The summed E-state index contributed by atoms with van der Waals surface area (Å²) in [4.78, 5) is 4.30. The molecule has 0 unspecified atom stereocenters. The summed E-state index contributed by atoms with van der Waals surface area (Å²) in [7, 11) is 2.00. The average molecular weight is 274 g/mol. The predicted molar refractivity (Wildman–Crippen MR) is 82.0 cm³/mol. The number of nitrogen functional groups attached to an aromatic ring is 1. The topological polar surface area (TPSA) is 65.1 Å². The number of nitrogens with zero attached hydrogens (tertiary/aromatic N) is 2. The first-order valence-corrected chi connectivity index (χ1v) is 6.82. The summed E-state index contributed by atoms with van der Waals surface area (Å²) in [5.74, 6) is 1.79. The molecular formula is C15H22N4O. The lowest BCUT2D eigenvalue weighted by Gasteiger charge is -2.14. The van der Waals surface area contributed by atoms with Gasteiger partial charge in [-0.3, -0.25) is 0 Å². The summed E-state index contributed by atoms with van der Waals surface area (Å²) in [6.07, 6.45) is 4.74. The van der Waals surface area contributed by atoms with Crippen molar-refractivity contribution in [2.45, 2.75) is 26.4 Å². The van der Waals surface area contributed by atoms with Gasteiger partial charge in [-0.25, -0.2) is 4.98 Å². The minimum atomic E-state index is 0.111. The van der Waals surface area contributed by atoms with E-state index in [4.69, 9.17) is 10.5 Å². The SMILES string of the molecule is CC(C)Oc1cc(NCCc2nccn2C)ccc1N. The van der Waals surface area contributed by atoms with Crippen LogP contribution >= 0.6 is 0 Å². The van der Waals surface area contributed by atoms with E-state index in [1.807, 2.05) is 56.1 Å². The molecule has 0 amide bonds. The highest BCUT2D eigenvalue weighted by Gasteiger charge is 2.05. The molecule has 20 heavy (non-hydrogen) atoms. The van der Waals surface area contributed by atoms with E-state index in [-0.39, 0.29) is 6.10 Å². The first-order chi connectivity index (χ1) is 9.56. The Morgan fingerprint density at radius 2 is 2.20 bits per heavy atom. The second kappa shape index (κ2) is 6.32. The highest BCUT2D eigenvalue weighted by molar-refractivity contribution is 5.61. The van der Waals surface area contributed by atoms with Gasteiger partial charge in [-0.1, -0.05) is 0 Å². The third-order valence-electron chi connectivity index (χ3n) is 2.97. The molecule has 3 N–H and O–H groups in total. The molecule has 1 aromatic carbocycles. The zero-order valence-electron chi connectivity index (χ0n) is 12.3. The summed E-state index contributed by atoms with van der Waals surface area (Å²) in [5, 5.41) is 3.36. The summed E-state index contributed by atoms with van der Waals surface area (Å²) in [5.41, 5.74) is 7.56. The molecular weight excluding hydrogens is 252 g/mol. The number of rotatable bonds is 6. The Bertz CT molecular complexity index is 563. The van der Waals surface area contributed by atoms with E-state index in [2.05, 4.69) is 10.3 Å². The van der Waals surface area contributed by atoms with Crippen molar-refractivity contribution in [2.24, 2.45) is 7.05 Å². The molecule has 2 aromatic rings. The van der Waals surface area contributed by atoms with Crippen LogP contribution in [0.2, 0.25) is 0 Å². The molecule has 0 aliphatic heterocycles. The molecule has 0 aliphatic carbocycles. The molecule has 0 aliphatic rings. The number of nitrogens with one attached hydrogen (secondary N) is 1. The van der Waals surface area contributed by atoms with Gasteiger partial charge >= 0.3 is 0 Å². The van der Waals surface area contributed by atoms with E-state index in [1.165, 1.54) is 0 Å². The number of benzene rings is 1. The molecule has 0 bridgehead atoms. The van der Waals surface area contributed by atoms with Gasteiger partial charge in [-0.05, 0) is 26.0 Å². The standard InChI is InChI=1S/C15H22N4O/c1-11(2)20-14-10-12(4-5-13(14)16)17-7-6-15-18-8-9-19(15)3/h4-5,8-11,17H,6-7,16H2,1-3H3. The molecule has 0 fully saturated rings. The maximum Gasteiger partial charge on any atom is 0.144 e. The van der Waals surface area contributed by atoms with Gasteiger partial charge in [0.15, 0.2) is 0 Å². The zero-order valence-corrected chi connectivity index (χ0v) is 12.3. The predicted octanol–water partition coefficient (Wildman–Crippen LogP) is 2.44. The Morgan fingerprint density at radius 3 is 2.85 bits per heavy atom. The first-order valence-electron chi connectivity index (χ1n) is 6.82. The van der Waals surface area contributed by atoms with Crippen LogP contribution in [-0.2, 0) is 13.5 Å². The van der Waals surface area contributed by atoms with Crippen molar-refractivity contribution in [1.29, 1.82) is 0 Å². The third kappa shape index (κ3) is 3.66. The van der Waals surface area contributed by atoms with E-state index >= 15 is 0 Å². The van der Waals surface area contributed by atoms with E-state index in [0.29, 0.717) is 5.69 Å². The van der Waals surface area contributed by atoms with Crippen LogP contribution in [-0.4, -0.2) is 22.2 Å². The van der Waals surface area contributed by atoms with Crippen LogP contribution in [0.3, 0.4) is 0 Å². The number of aryl methyl sites for hydroxylation is 1. The monoisotopic (exact) mass is 274 g/mol. The molecule has 0 spiro atoms. The first kappa shape index (κ1) is 14.2. The highest BCUT2D eigenvalue weighted by Crippen LogP contribution is 2.26. The smallest absolute Gasteiger partial charge is 0.144 e. The van der Waals surface area contributed by atoms with Crippen molar-refractivity contribution in [3.63, 3.8) is 0 Å². The van der Waals surface area contributed by atoms with Crippen molar-refractivity contribution in [1.82, 2.24) is 9.55 Å². The lowest BCUT2D eigenvalue weighted by molar-refractivity contribution is 0.244. The minimum Gasteiger partial charge on any atom is -0.489 e. The molecule has 1 heterocycles. The van der Waals surface area contributed by atoms with E-state index in [9.17, 15) is 0 Å². The molecule has 2 rings (SSSR count). The summed E-state index contributed by atoms with van der Waals surface area (Å²) in [6.45, 7) is 4.79. The molecule has 108 valence electrons. The summed E-state index contributed by atoms with van der Waals surface area (Å²) < 4.78 is 7.70. The maximum absolute atomic E-state index is 5.90. The van der Waals surface area contributed by atoms with Crippen molar-refractivity contribution in [2.75, 3.05) is 17.6 Å². The van der Waals surface area contributed by atoms with Crippen LogP contribution < -0.4 is 15.8 Å². The maximum atomic E-state index is 5.90. The van der Waals surface area contributed by atoms with Crippen molar-refractivity contribution >= 4 is 11.4 Å². The Morgan fingerprint density at radius 1 is 1.40 bits per heavy atom. The molecule has 1 aromatic heterocycles. The largest absolute Gasteiger partial charge is 0.489 e. The quantitative estimate of drug-likeness (QED) is 0.794. The molecule has 0 radical (unpaired) electrons. The Hall–Kier alpha value is -2.17. The fourth-order valence-corrected chi connectivity index (χ4v) is 1.96. The Balaban J connectivity index is 1.94. The minimum absolute atomic E-state index is 0.111.